The number of carbonyl (C=O) groups is 1. The van der Waals surface area contributed by atoms with E-state index in [1.165, 1.54) is 12.4 Å². The molecule has 1 saturated heterocycles. The smallest absolute Gasteiger partial charge is 0.245 e. The maximum atomic E-state index is 12.1. The van der Waals surface area contributed by atoms with Gasteiger partial charge in [-0.15, -0.1) is 0 Å². The van der Waals surface area contributed by atoms with Crippen molar-refractivity contribution < 1.29 is 14.3 Å². The SMILES string of the molecule is C=CC(=O)N1CCC(c2c(-c3ccc(Oc4cccc(C)n4)c(OC)c3)c3c(N)ncnc3n2C)CC1. The summed E-state index contributed by atoms with van der Waals surface area (Å²) in [5.41, 5.74) is 11.1. The number of hydrogen-bond acceptors (Lipinski definition) is 7. The fourth-order valence-electron chi connectivity index (χ4n) is 5.16. The molecule has 3 aromatic heterocycles. The number of amides is 1. The van der Waals surface area contributed by atoms with Gasteiger partial charge in [-0.2, -0.15) is 0 Å². The number of hydrogen-bond donors (Lipinski definition) is 1. The fraction of sp³-hybridized carbons (Fsp3) is 0.286. The highest BCUT2D eigenvalue weighted by molar-refractivity contribution is 6.03. The van der Waals surface area contributed by atoms with E-state index in [2.05, 4.69) is 26.1 Å². The molecule has 1 aliphatic rings. The quantitative estimate of drug-likeness (QED) is 0.387. The minimum atomic E-state index is -0.0331. The first-order valence-electron chi connectivity index (χ1n) is 12.2. The first kappa shape index (κ1) is 24.3. The summed E-state index contributed by atoms with van der Waals surface area (Å²) in [6.45, 7) is 6.87. The summed E-state index contributed by atoms with van der Waals surface area (Å²) in [5, 5.41) is 0.806. The Labute approximate surface area is 215 Å². The lowest BCUT2D eigenvalue weighted by Crippen LogP contribution is -2.37. The summed E-state index contributed by atoms with van der Waals surface area (Å²) in [5.74, 6) is 2.23. The molecule has 5 rings (SSSR count). The van der Waals surface area contributed by atoms with Crippen molar-refractivity contribution >= 4 is 22.8 Å². The number of carbonyl (C=O) groups excluding carboxylic acids is 1. The van der Waals surface area contributed by atoms with Crippen LogP contribution in [0.2, 0.25) is 0 Å². The number of aryl methyl sites for hydroxylation is 2. The number of ether oxygens (including phenoxy) is 2. The van der Waals surface area contributed by atoms with Crippen LogP contribution in [0.25, 0.3) is 22.2 Å². The number of pyridine rings is 1. The van der Waals surface area contributed by atoms with Gasteiger partial charge in [0.05, 0.1) is 12.5 Å². The average molecular weight is 499 g/mol. The number of piperidine rings is 1. The molecule has 0 spiro atoms. The number of fused-ring (bicyclic) bond motifs is 1. The van der Waals surface area contributed by atoms with Crippen molar-refractivity contribution in [3.05, 3.63) is 66.8 Å². The molecule has 0 aliphatic carbocycles. The van der Waals surface area contributed by atoms with Crippen LogP contribution >= 0.6 is 0 Å². The molecular weight excluding hydrogens is 468 g/mol. The Morgan fingerprint density at radius 2 is 1.95 bits per heavy atom. The van der Waals surface area contributed by atoms with Crippen LogP contribution in [0.15, 0.2) is 55.4 Å². The third-order valence-electron chi connectivity index (χ3n) is 6.94. The molecule has 9 heteroatoms. The van der Waals surface area contributed by atoms with Crippen LogP contribution in [0.5, 0.6) is 17.4 Å². The minimum Gasteiger partial charge on any atom is -0.493 e. The van der Waals surface area contributed by atoms with Crippen LogP contribution in [0.3, 0.4) is 0 Å². The fourth-order valence-corrected chi connectivity index (χ4v) is 5.16. The first-order chi connectivity index (χ1) is 17.9. The molecule has 1 fully saturated rings. The third kappa shape index (κ3) is 4.48. The molecule has 1 aliphatic heterocycles. The van der Waals surface area contributed by atoms with E-state index in [1.807, 2.05) is 55.3 Å². The highest BCUT2D eigenvalue weighted by Gasteiger charge is 2.30. The number of anilines is 1. The van der Waals surface area contributed by atoms with Crippen molar-refractivity contribution in [1.82, 2.24) is 24.4 Å². The van der Waals surface area contributed by atoms with Gasteiger partial charge < -0.3 is 24.7 Å². The van der Waals surface area contributed by atoms with Crippen molar-refractivity contribution in [2.75, 3.05) is 25.9 Å². The van der Waals surface area contributed by atoms with Crippen LogP contribution in [0, 0.1) is 6.92 Å². The third-order valence-corrected chi connectivity index (χ3v) is 6.94. The maximum Gasteiger partial charge on any atom is 0.245 e. The molecule has 1 aromatic carbocycles. The number of aromatic nitrogens is 4. The number of nitrogen functional groups attached to an aromatic ring is 1. The molecule has 0 atom stereocenters. The van der Waals surface area contributed by atoms with Gasteiger partial charge in [0.2, 0.25) is 11.8 Å². The summed E-state index contributed by atoms with van der Waals surface area (Å²) in [6.07, 6.45) is 4.51. The lowest BCUT2D eigenvalue weighted by atomic mass is 9.88. The van der Waals surface area contributed by atoms with Gasteiger partial charge >= 0.3 is 0 Å². The minimum absolute atomic E-state index is 0.0331. The highest BCUT2D eigenvalue weighted by Crippen LogP contribution is 2.45. The van der Waals surface area contributed by atoms with Gasteiger partial charge in [0.15, 0.2) is 11.5 Å². The van der Waals surface area contributed by atoms with Crippen LogP contribution in [-0.2, 0) is 11.8 Å². The Morgan fingerprint density at radius 3 is 2.65 bits per heavy atom. The number of methoxy groups -OCH3 is 1. The largest absolute Gasteiger partial charge is 0.493 e. The number of nitrogens with zero attached hydrogens (tertiary/aromatic N) is 5. The van der Waals surface area contributed by atoms with E-state index in [4.69, 9.17) is 15.2 Å². The molecule has 0 saturated carbocycles. The zero-order chi connectivity index (χ0) is 26.1. The lowest BCUT2D eigenvalue weighted by molar-refractivity contribution is -0.127. The van der Waals surface area contributed by atoms with Crippen molar-refractivity contribution in [3.8, 4) is 28.5 Å². The van der Waals surface area contributed by atoms with Crippen molar-refractivity contribution in [3.63, 3.8) is 0 Å². The van der Waals surface area contributed by atoms with Crippen LogP contribution < -0.4 is 15.2 Å². The Kier molecular flexibility index (Phi) is 6.52. The Hall–Kier alpha value is -4.40. The molecule has 9 nitrogen and oxygen atoms in total. The van der Waals surface area contributed by atoms with E-state index < -0.39 is 0 Å². The van der Waals surface area contributed by atoms with Crippen LogP contribution in [-0.4, -0.2) is 50.5 Å². The number of nitrogens with two attached hydrogens (primary N) is 1. The predicted molar refractivity (Wildman–Crippen MR) is 143 cm³/mol. The second kappa shape index (κ2) is 9.93. The van der Waals surface area contributed by atoms with E-state index in [-0.39, 0.29) is 11.8 Å². The second-order valence-corrected chi connectivity index (χ2v) is 9.17. The Balaban J connectivity index is 1.59. The second-order valence-electron chi connectivity index (χ2n) is 9.17. The number of rotatable bonds is 6. The van der Waals surface area contributed by atoms with E-state index >= 15 is 0 Å². The van der Waals surface area contributed by atoms with Crippen LogP contribution in [0.4, 0.5) is 5.82 Å². The van der Waals surface area contributed by atoms with Gasteiger partial charge in [0.25, 0.3) is 0 Å². The van der Waals surface area contributed by atoms with E-state index in [0.717, 1.165) is 46.4 Å². The number of likely N-dealkylation sites (tertiary alicyclic amines) is 1. The van der Waals surface area contributed by atoms with Crippen molar-refractivity contribution in [2.24, 2.45) is 7.05 Å². The van der Waals surface area contributed by atoms with Crippen molar-refractivity contribution in [1.29, 1.82) is 0 Å². The zero-order valence-corrected chi connectivity index (χ0v) is 21.3. The Bertz CT molecular complexity index is 1490. The average Bonchev–Trinajstić information content (AvgIpc) is 3.22. The molecule has 0 bridgehead atoms. The zero-order valence-electron chi connectivity index (χ0n) is 21.3. The van der Waals surface area contributed by atoms with Gasteiger partial charge in [-0.1, -0.05) is 18.7 Å². The molecule has 0 radical (unpaired) electrons. The molecule has 190 valence electrons. The molecular formula is C28H30N6O3. The summed E-state index contributed by atoms with van der Waals surface area (Å²) in [4.78, 5) is 27.3. The lowest BCUT2D eigenvalue weighted by Gasteiger charge is -2.32. The summed E-state index contributed by atoms with van der Waals surface area (Å²) >= 11 is 0. The monoisotopic (exact) mass is 498 g/mol. The normalized spacial score (nSPS) is 14.1. The summed E-state index contributed by atoms with van der Waals surface area (Å²) < 4.78 is 13.9. The van der Waals surface area contributed by atoms with E-state index in [0.29, 0.717) is 36.3 Å². The van der Waals surface area contributed by atoms with Crippen LogP contribution in [0.1, 0.15) is 30.1 Å². The molecule has 4 aromatic rings. The summed E-state index contributed by atoms with van der Waals surface area (Å²) in [6, 6.07) is 11.5. The molecule has 0 unspecified atom stereocenters. The molecule has 2 N–H and O–H groups in total. The molecule has 1 amide bonds. The van der Waals surface area contributed by atoms with E-state index in [1.54, 1.807) is 7.11 Å². The van der Waals surface area contributed by atoms with Gasteiger partial charge in [-0.25, -0.2) is 15.0 Å². The standard InChI is InChI=1S/C28H30N6O3/c1-5-23(35)34-13-11-18(12-14-34)26-24(25-27(29)30-16-31-28(25)33(26)3)19-9-10-20(21(15-19)36-4)37-22-8-6-7-17(2)32-22/h5-10,15-16,18H,1,11-14H2,2-4H3,(H2,29,30,31). The van der Waals surface area contributed by atoms with Gasteiger partial charge in [0, 0.05) is 49.1 Å². The highest BCUT2D eigenvalue weighted by atomic mass is 16.5. The molecule has 4 heterocycles. The number of benzene rings is 1. The predicted octanol–water partition coefficient (Wildman–Crippen LogP) is 4.61. The topological polar surface area (TPSA) is 108 Å². The first-order valence-corrected chi connectivity index (χ1v) is 12.2. The van der Waals surface area contributed by atoms with Crippen molar-refractivity contribution in [2.45, 2.75) is 25.7 Å². The van der Waals surface area contributed by atoms with E-state index in [9.17, 15) is 4.79 Å². The Morgan fingerprint density at radius 1 is 1.16 bits per heavy atom. The van der Waals surface area contributed by atoms with Gasteiger partial charge in [-0.3, -0.25) is 4.79 Å². The molecule has 37 heavy (non-hydrogen) atoms. The summed E-state index contributed by atoms with van der Waals surface area (Å²) in [7, 11) is 3.62. The maximum absolute atomic E-state index is 12.1. The van der Waals surface area contributed by atoms with Gasteiger partial charge in [0.1, 0.15) is 17.8 Å². The van der Waals surface area contributed by atoms with Gasteiger partial charge in [-0.05, 0) is 49.6 Å².